The van der Waals surface area contributed by atoms with Crippen molar-refractivity contribution in [1.82, 2.24) is 19.5 Å². The number of halogens is 6. The van der Waals surface area contributed by atoms with Gasteiger partial charge in [-0.15, -0.1) is 11.8 Å². The van der Waals surface area contributed by atoms with E-state index in [4.69, 9.17) is 10.5 Å². The van der Waals surface area contributed by atoms with E-state index < -0.39 is 39.5 Å². The van der Waals surface area contributed by atoms with Crippen LogP contribution in [0.2, 0.25) is 0 Å². The first kappa shape index (κ1) is 29.5. The number of thioether (sulfide) groups is 1. The zero-order chi connectivity index (χ0) is 27.3. The van der Waals surface area contributed by atoms with E-state index in [1.54, 1.807) is 11.8 Å². The van der Waals surface area contributed by atoms with Gasteiger partial charge in [0.1, 0.15) is 16.9 Å². The van der Waals surface area contributed by atoms with Crippen LogP contribution in [0.5, 0.6) is 0 Å². The summed E-state index contributed by atoms with van der Waals surface area (Å²) < 4.78 is 102. The number of hydrogen-bond acceptors (Lipinski definition) is 10. The molecule has 0 atom stereocenters. The number of ether oxygens (including phenoxy) is 1. The second-order valence-corrected chi connectivity index (χ2v) is 11.1. The normalized spacial score (nSPS) is 12.9. The van der Waals surface area contributed by atoms with Crippen molar-refractivity contribution >= 4 is 48.2 Å². The number of nitrogens with zero attached hydrogens (tertiary/aromatic N) is 4. The van der Waals surface area contributed by atoms with E-state index >= 15 is 0 Å². The standard InChI is InChI=1S/C19H20F6N5O4PS2/c1-36-12-2-4-13(5-3-12)37-16-14-15(28-17(26)29-16)30(10-27-14)6-7-32-11-35(31,33-8-18(20,21)22)34-9-19(23,24)25/h2-5,10H,6-9,11H2,1H3,(H2,26,28,29). The highest BCUT2D eigenvalue weighted by Gasteiger charge is 2.38. The smallest absolute Gasteiger partial charge is 0.368 e. The van der Waals surface area contributed by atoms with Gasteiger partial charge >= 0.3 is 19.9 Å². The highest BCUT2D eigenvalue weighted by atomic mass is 32.2. The van der Waals surface area contributed by atoms with Gasteiger partial charge < -0.3 is 15.0 Å². The Balaban J connectivity index is 1.66. The summed E-state index contributed by atoms with van der Waals surface area (Å²) in [5.74, 6) is -0.0380. The molecule has 37 heavy (non-hydrogen) atoms. The molecule has 0 aliphatic carbocycles. The van der Waals surface area contributed by atoms with Crippen molar-refractivity contribution < 1.29 is 44.7 Å². The van der Waals surface area contributed by atoms with Gasteiger partial charge in [-0.3, -0.25) is 13.6 Å². The molecule has 3 rings (SSSR count). The number of fused-ring (bicyclic) bond motifs is 1. The van der Waals surface area contributed by atoms with E-state index in [0.29, 0.717) is 16.2 Å². The number of anilines is 1. The number of nitrogens with two attached hydrogens (primary N) is 1. The van der Waals surface area contributed by atoms with Crippen molar-refractivity contribution in [1.29, 1.82) is 0 Å². The molecule has 0 amide bonds. The van der Waals surface area contributed by atoms with Crippen molar-refractivity contribution in [2.45, 2.75) is 33.7 Å². The molecule has 0 saturated heterocycles. The average molecular weight is 591 g/mol. The minimum Gasteiger partial charge on any atom is -0.368 e. The largest absolute Gasteiger partial charge is 0.412 e. The SMILES string of the molecule is CSc1ccc(Sc2nc(N)nc3c2ncn3CCOCP(=O)(OCC(F)(F)F)OCC(F)(F)F)cc1. The van der Waals surface area contributed by atoms with Crippen LogP contribution in [0.4, 0.5) is 32.3 Å². The first-order valence-electron chi connectivity index (χ1n) is 10.2. The van der Waals surface area contributed by atoms with Crippen molar-refractivity contribution in [3.63, 3.8) is 0 Å². The number of benzene rings is 1. The average Bonchev–Trinajstić information content (AvgIpc) is 3.22. The highest BCUT2D eigenvalue weighted by Crippen LogP contribution is 2.50. The summed E-state index contributed by atoms with van der Waals surface area (Å²) in [6.45, 7) is -4.41. The predicted octanol–water partition coefficient (Wildman–Crippen LogP) is 5.61. The molecule has 204 valence electrons. The van der Waals surface area contributed by atoms with E-state index in [2.05, 4.69) is 24.0 Å². The van der Waals surface area contributed by atoms with Gasteiger partial charge in [0.15, 0.2) is 18.9 Å². The Bertz CT molecular complexity index is 1220. The van der Waals surface area contributed by atoms with Crippen molar-refractivity contribution in [2.24, 2.45) is 0 Å². The Hall–Kier alpha value is -2.04. The minimum atomic E-state index is -4.93. The van der Waals surface area contributed by atoms with Crippen LogP contribution in [0, 0.1) is 0 Å². The second-order valence-electron chi connectivity index (χ2n) is 7.20. The molecule has 0 spiro atoms. The third kappa shape index (κ3) is 9.33. The third-order valence-electron chi connectivity index (χ3n) is 4.30. The van der Waals surface area contributed by atoms with Gasteiger partial charge in [-0.25, -0.2) is 9.97 Å². The molecule has 3 aromatic rings. The minimum absolute atomic E-state index is 0.00196. The molecule has 9 nitrogen and oxygen atoms in total. The first-order chi connectivity index (χ1) is 17.3. The summed E-state index contributed by atoms with van der Waals surface area (Å²) in [6.07, 6.45) is -7.64. The maximum atomic E-state index is 12.4. The lowest BCUT2D eigenvalue weighted by Crippen LogP contribution is -2.21. The maximum absolute atomic E-state index is 12.4. The van der Waals surface area contributed by atoms with Gasteiger partial charge in [0.2, 0.25) is 5.95 Å². The molecule has 0 radical (unpaired) electrons. The predicted molar refractivity (Wildman–Crippen MR) is 125 cm³/mol. The van der Waals surface area contributed by atoms with Gasteiger partial charge in [-0.2, -0.15) is 31.3 Å². The Morgan fingerprint density at radius 3 is 2.16 bits per heavy atom. The molecule has 18 heteroatoms. The fourth-order valence-electron chi connectivity index (χ4n) is 2.72. The van der Waals surface area contributed by atoms with Crippen LogP contribution >= 0.6 is 31.1 Å². The number of rotatable bonds is 12. The van der Waals surface area contributed by atoms with Gasteiger partial charge in [0.25, 0.3) is 0 Å². The van der Waals surface area contributed by atoms with Crippen LogP contribution in [-0.4, -0.2) is 64.3 Å². The Kier molecular flexibility index (Phi) is 9.74. The molecule has 0 unspecified atom stereocenters. The molecule has 0 aliphatic rings. The van der Waals surface area contributed by atoms with Gasteiger partial charge in [-0.1, -0.05) is 11.8 Å². The van der Waals surface area contributed by atoms with Crippen LogP contribution in [0.3, 0.4) is 0 Å². The van der Waals surface area contributed by atoms with E-state index in [0.717, 1.165) is 9.79 Å². The van der Waals surface area contributed by atoms with Crippen LogP contribution in [0.25, 0.3) is 11.2 Å². The molecule has 0 saturated carbocycles. The summed E-state index contributed by atoms with van der Waals surface area (Å²) in [6, 6.07) is 7.71. The highest BCUT2D eigenvalue weighted by molar-refractivity contribution is 7.99. The zero-order valence-electron chi connectivity index (χ0n) is 19.0. The van der Waals surface area contributed by atoms with Gasteiger partial charge in [-0.05, 0) is 30.5 Å². The van der Waals surface area contributed by atoms with E-state index in [-0.39, 0.29) is 19.1 Å². The maximum Gasteiger partial charge on any atom is 0.412 e. The van der Waals surface area contributed by atoms with Crippen LogP contribution in [-0.2, 0) is 24.9 Å². The van der Waals surface area contributed by atoms with Crippen molar-refractivity contribution in [2.75, 3.05) is 38.2 Å². The quantitative estimate of drug-likeness (QED) is 0.0938. The molecule has 1 aromatic carbocycles. The van der Waals surface area contributed by atoms with Gasteiger partial charge in [0, 0.05) is 16.3 Å². The Labute approximate surface area is 215 Å². The monoisotopic (exact) mass is 591 g/mol. The molecule has 0 bridgehead atoms. The summed E-state index contributed by atoms with van der Waals surface area (Å²) >= 11 is 2.90. The fraction of sp³-hybridized carbons (Fsp3) is 0.421. The number of alkyl halides is 6. The Morgan fingerprint density at radius 1 is 1.00 bits per heavy atom. The first-order valence-corrected chi connectivity index (χ1v) is 13.9. The van der Waals surface area contributed by atoms with Crippen molar-refractivity contribution in [3.05, 3.63) is 30.6 Å². The lowest BCUT2D eigenvalue weighted by atomic mass is 10.4. The second kappa shape index (κ2) is 12.2. The molecule has 0 aliphatic heterocycles. The van der Waals surface area contributed by atoms with Crippen LogP contribution < -0.4 is 5.73 Å². The van der Waals surface area contributed by atoms with E-state index in [1.807, 2.05) is 30.5 Å². The molecule has 2 aromatic heterocycles. The molecule has 2 N–H and O–H groups in total. The van der Waals surface area contributed by atoms with Gasteiger partial charge in [0.05, 0.1) is 12.9 Å². The number of imidazole rings is 1. The van der Waals surface area contributed by atoms with Crippen molar-refractivity contribution in [3.8, 4) is 0 Å². The number of nitrogen functional groups attached to an aromatic ring is 1. The van der Waals surface area contributed by atoms with Crippen LogP contribution in [0.15, 0.2) is 45.4 Å². The van der Waals surface area contributed by atoms with E-state index in [1.165, 1.54) is 22.7 Å². The lowest BCUT2D eigenvalue weighted by Gasteiger charge is -2.20. The number of hydrogen-bond donors (Lipinski definition) is 1. The molecular formula is C19H20F6N5O4PS2. The number of aromatic nitrogens is 4. The van der Waals surface area contributed by atoms with Crippen LogP contribution in [0.1, 0.15) is 0 Å². The molecule has 2 heterocycles. The Morgan fingerprint density at radius 2 is 1.59 bits per heavy atom. The molecular weight excluding hydrogens is 571 g/mol. The topological polar surface area (TPSA) is 114 Å². The lowest BCUT2D eigenvalue weighted by molar-refractivity contribution is -0.166. The fourth-order valence-corrected chi connectivity index (χ4v) is 5.26. The summed E-state index contributed by atoms with van der Waals surface area (Å²) in [5, 5.41) is 0.477. The third-order valence-corrected chi connectivity index (χ3v) is 7.57. The zero-order valence-corrected chi connectivity index (χ0v) is 21.5. The van der Waals surface area contributed by atoms with E-state index in [9.17, 15) is 30.9 Å². The molecule has 0 fully saturated rings. The summed E-state index contributed by atoms with van der Waals surface area (Å²) in [4.78, 5) is 14.6. The summed E-state index contributed by atoms with van der Waals surface area (Å²) in [5.41, 5.74) is 6.58. The summed E-state index contributed by atoms with van der Waals surface area (Å²) in [7, 11) is -4.87.